The van der Waals surface area contributed by atoms with E-state index in [1.807, 2.05) is 24.3 Å². The Morgan fingerprint density at radius 2 is 1.97 bits per heavy atom. The fraction of sp³-hybridized carbons (Fsp3) is 0.304. The Morgan fingerprint density at radius 1 is 1.17 bits per heavy atom. The number of nitrogens with zero attached hydrogens (tertiary/aromatic N) is 1. The fourth-order valence-electron chi connectivity index (χ4n) is 4.78. The Hall–Kier alpha value is -3.48. The van der Waals surface area contributed by atoms with Gasteiger partial charge in [-0.3, -0.25) is 19.3 Å². The number of Topliss-reactive ketones (excluding diaryl/α,β-unsaturated/α-hetero) is 1. The van der Waals surface area contributed by atoms with Crippen LogP contribution in [0.2, 0.25) is 0 Å². The van der Waals surface area contributed by atoms with Crippen LogP contribution in [0.3, 0.4) is 0 Å². The summed E-state index contributed by atoms with van der Waals surface area (Å²) in [5.74, 6) is -1.17. The molecule has 152 valence electrons. The number of carbonyl (C=O) groups is 4. The number of fused-ring (bicyclic) bond motifs is 3. The van der Waals surface area contributed by atoms with E-state index < -0.39 is 11.6 Å². The summed E-state index contributed by atoms with van der Waals surface area (Å²) >= 11 is 0. The number of urea groups is 1. The van der Waals surface area contributed by atoms with Crippen LogP contribution in [0, 0.1) is 0 Å². The Morgan fingerprint density at radius 3 is 2.80 bits per heavy atom. The first kappa shape index (κ1) is 18.5. The molecule has 2 heterocycles. The summed E-state index contributed by atoms with van der Waals surface area (Å²) in [6.45, 7) is 1.44. The van der Waals surface area contributed by atoms with Crippen molar-refractivity contribution < 1.29 is 19.2 Å². The van der Waals surface area contributed by atoms with Gasteiger partial charge in [0, 0.05) is 11.3 Å². The van der Waals surface area contributed by atoms with Gasteiger partial charge in [0.1, 0.15) is 5.54 Å². The lowest BCUT2D eigenvalue weighted by Gasteiger charge is -2.33. The number of nitrogens with one attached hydrogen (secondary N) is 2. The van der Waals surface area contributed by atoms with Gasteiger partial charge in [-0.1, -0.05) is 24.3 Å². The van der Waals surface area contributed by atoms with E-state index in [4.69, 9.17) is 0 Å². The molecule has 1 aliphatic carbocycles. The normalized spacial score (nSPS) is 24.5. The number of hydrogen-bond acceptors (Lipinski definition) is 4. The summed E-state index contributed by atoms with van der Waals surface area (Å²) in [6.07, 6.45) is 2.16. The van der Waals surface area contributed by atoms with E-state index in [1.54, 1.807) is 25.1 Å². The van der Waals surface area contributed by atoms with Crippen molar-refractivity contribution in [2.75, 3.05) is 11.9 Å². The van der Waals surface area contributed by atoms with Gasteiger partial charge in [-0.15, -0.1) is 0 Å². The molecule has 0 aromatic heterocycles. The average Bonchev–Trinajstić information content (AvgIpc) is 3.16. The van der Waals surface area contributed by atoms with Gasteiger partial charge >= 0.3 is 6.03 Å². The Balaban J connectivity index is 1.42. The van der Waals surface area contributed by atoms with E-state index in [0.717, 1.165) is 34.4 Å². The zero-order chi connectivity index (χ0) is 21.0. The molecule has 2 N–H and O–H groups in total. The van der Waals surface area contributed by atoms with E-state index in [-0.39, 0.29) is 30.1 Å². The van der Waals surface area contributed by atoms with E-state index in [0.29, 0.717) is 17.7 Å². The maximum absolute atomic E-state index is 13.3. The molecule has 2 aliphatic heterocycles. The van der Waals surface area contributed by atoms with Crippen LogP contribution < -0.4 is 10.6 Å². The molecule has 1 spiro atoms. The van der Waals surface area contributed by atoms with Crippen LogP contribution >= 0.6 is 0 Å². The maximum atomic E-state index is 13.3. The van der Waals surface area contributed by atoms with Crippen molar-refractivity contribution >= 4 is 29.3 Å². The zero-order valence-corrected chi connectivity index (χ0v) is 16.5. The number of rotatable bonds is 3. The maximum Gasteiger partial charge on any atom is 0.325 e. The van der Waals surface area contributed by atoms with Crippen molar-refractivity contribution in [3.63, 3.8) is 0 Å². The van der Waals surface area contributed by atoms with E-state index in [1.165, 1.54) is 0 Å². The van der Waals surface area contributed by atoms with Crippen LogP contribution in [-0.2, 0) is 21.5 Å². The summed E-state index contributed by atoms with van der Waals surface area (Å²) in [5, 5.41) is 5.64. The second kappa shape index (κ2) is 6.52. The number of carbonyl (C=O) groups excluding carboxylic acids is 4. The average molecular weight is 403 g/mol. The molecule has 4 amide bonds. The molecule has 0 saturated carbocycles. The molecule has 5 rings (SSSR count). The fourth-order valence-corrected chi connectivity index (χ4v) is 4.78. The highest BCUT2D eigenvalue weighted by atomic mass is 16.2. The van der Waals surface area contributed by atoms with Crippen molar-refractivity contribution in [2.45, 2.75) is 37.6 Å². The van der Waals surface area contributed by atoms with Crippen LogP contribution in [0.1, 0.15) is 52.7 Å². The van der Waals surface area contributed by atoms with Crippen LogP contribution in [0.15, 0.2) is 42.5 Å². The predicted octanol–water partition coefficient (Wildman–Crippen LogP) is 2.71. The highest BCUT2D eigenvalue weighted by Crippen LogP contribution is 2.40. The second-order valence-corrected chi connectivity index (χ2v) is 8.17. The molecule has 1 fully saturated rings. The van der Waals surface area contributed by atoms with Gasteiger partial charge in [-0.05, 0) is 61.1 Å². The summed E-state index contributed by atoms with van der Waals surface area (Å²) in [7, 11) is 0. The smallest absolute Gasteiger partial charge is 0.325 e. The summed E-state index contributed by atoms with van der Waals surface area (Å²) in [5.41, 5.74) is 2.60. The minimum atomic E-state index is -1.09. The molecule has 0 unspecified atom stereocenters. The number of ketones is 1. The van der Waals surface area contributed by atoms with Crippen molar-refractivity contribution in [2.24, 2.45) is 0 Å². The minimum Gasteiger partial charge on any atom is -0.325 e. The number of anilines is 1. The topological polar surface area (TPSA) is 95.6 Å². The van der Waals surface area contributed by atoms with Crippen molar-refractivity contribution in [3.8, 4) is 0 Å². The third kappa shape index (κ3) is 2.58. The lowest BCUT2D eigenvalue weighted by Crippen LogP contribution is -2.46. The Bertz CT molecular complexity index is 1130. The van der Waals surface area contributed by atoms with E-state index in [9.17, 15) is 19.2 Å². The SMILES string of the molecule is C[C@@H]1C(=O)Nc2ccc(C(=O)CN3C(=O)N[C@@]4(CCCc5ccccc54)C3=O)cc21. The van der Waals surface area contributed by atoms with Gasteiger partial charge in [0.2, 0.25) is 5.91 Å². The Labute approximate surface area is 173 Å². The van der Waals surface area contributed by atoms with Gasteiger partial charge in [-0.2, -0.15) is 0 Å². The molecular formula is C23H21N3O4. The zero-order valence-electron chi connectivity index (χ0n) is 16.5. The quantitative estimate of drug-likeness (QED) is 0.608. The summed E-state index contributed by atoms with van der Waals surface area (Å²) < 4.78 is 0. The van der Waals surface area contributed by atoms with Crippen LogP contribution in [-0.4, -0.2) is 35.1 Å². The minimum absolute atomic E-state index is 0.110. The van der Waals surface area contributed by atoms with Crippen LogP contribution in [0.4, 0.5) is 10.5 Å². The highest BCUT2D eigenvalue weighted by molar-refractivity contribution is 6.12. The molecule has 0 bridgehead atoms. The standard InChI is InChI=1S/C23H21N3O4/c1-13-16-11-15(8-9-18(16)24-20(13)28)19(27)12-26-21(29)23(25-22(26)30)10-4-6-14-5-2-3-7-17(14)23/h2-3,5,7-9,11,13H,4,6,10,12H2,1H3,(H,24,28)(H,25,30)/t13-,23+/m0/s1. The molecule has 7 nitrogen and oxygen atoms in total. The number of imide groups is 1. The lowest BCUT2D eigenvalue weighted by atomic mass is 9.76. The summed E-state index contributed by atoms with van der Waals surface area (Å²) in [6, 6.07) is 12.1. The third-order valence-electron chi connectivity index (χ3n) is 6.44. The van der Waals surface area contributed by atoms with Crippen molar-refractivity contribution in [1.82, 2.24) is 10.2 Å². The van der Waals surface area contributed by atoms with Crippen LogP contribution in [0.25, 0.3) is 0 Å². The second-order valence-electron chi connectivity index (χ2n) is 8.17. The van der Waals surface area contributed by atoms with Gasteiger partial charge in [0.15, 0.2) is 5.78 Å². The molecule has 1 saturated heterocycles. The van der Waals surface area contributed by atoms with Crippen LogP contribution in [0.5, 0.6) is 0 Å². The Kier molecular flexibility index (Phi) is 4.03. The van der Waals surface area contributed by atoms with E-state index in [2.05, 4.69) is 10.6 Å². The van der Waals surface area contributed by atoms with Gasteiger partial charge in [0.25, 0.3) is 5.91 Å². The largest absolute Gasteiger partial charge is 0.325 e. The lowest BCUT2D eigenvalue weighted by molar-refractivity contribution is -0.131. The molecule has 30 heavy (non-hydrogen) atoms. The molecule has 0 radical (unpaired) electrons. The molecule has 2 aromatic rings. The first-order chi connectivity index (χ1) is 14.4. The number of aryl methyl sites for hydroxylation is 1. The number of hydrogen-bond donors (Lipinski definition) is 2. The first-order valence-electron chi connectivity index (χ1n) is 10.1. The predicted molar refractivity (Wildman–Crippen MR) is 109 cm³/mol. The first-order valence-corrected chi connectivity index (χ1v) is 10.1. The van der Waals surface area contributed by atoms with Gasteiger partial charge in [-0.25, -0.2) is 4.79 Å². The molecule has 2 aromatic carbocycles. The number of amides is 4. The summed E-state index contributed by atoms with van der Waals surface area (Å²) in [4.78, 5) is 51.8. The van der Waals surface area contributed by atoms with Gasteiger partial charge < -0.3 is 10.6 Å². The van der Waals surface area contributed by atoms with E-state index >= 15 is 0 Å². The van der Waals surface area contributed by atoms with Crippen molar-refractivity contribution in [1.29, 1.82) is 0 Å². The molecule has 2 atom stereocenters. The molecule has 3 aliphatic rings. The van der Waals surface area contributed by atoms with Crippen molar-refractivity contribution in [3.05, 3.63) is 64.7 Å². The van der Waals surface area contributed by atoms with Gasteiger partial charge in [0.05, 0.1) is 12.5 Å². The monoisotopic (exact) mass is 403 g/mol. The highest BCUT2D eigenvalue weighted by Gasteiger charge is 2.54. The molecule has 7 heteroatoms. The number of benzene rings is 2. The molecular weight excluding hydrogens is 382 g/mol. The third-order valence-corrected chi connectivity index (χ3v) is 6.44.